The molecule has 0 saturated carbocycles. The van der Waals surface area contributed by atoms with Crippen LogP contribution in [0.1, 0.15) is 5.69 Å². The van der Waals surface area contributed by atoms with Crippen molar-refractivity contribution in [2.24, 2.45) is 0 Å². The van der Waals surface area contributed by atoms with Crippen molar-refractivity contribution in [2.45, 2.75) is 11.6 Å². The van der Waals surface area contributed by atoms with E-state index in [0.717, 1.165) is 12.1 Å². The number of hydrogen-bond acceptors (Lipinski definition) is 3. The third-order valence-corrected chi connectivity index (χ3v) is 5.92. The van der Waals surface area contributed by atoms with Crippen LogP contribution in [0.5, 0.6) is 0 Å². The molecular formula is C20H14ClF2N3O2S. The molecule has 0 saturated heterocycles. The number of halogens is 3. The highest BCUT2D eigenvalue weighted by Crippen LogP contribution is 2.24. The predicted molar refractivity (Wildman–Crippen MR) is 107 cm³/mol. The number of hydrogen-bond donors (Lipinski definition) is 2. The number of aromatic nitrogens is 2. The summed E-state index contributed by atoms with van der Waals surface area (Å²) in [6.07, 6.45) is 1.41. The molecule has 0 unspecified atom stereocenters. The van der Waals surface area contributed by atoms with Gasteiger partial charge in [-0.25, -0.2) is 21.9 Å². The summed E-state index contributed by atoms with van der Waals surface area (Å²) < 4.78 is 54.4. The summed E-state index contributed by atoms with van der Waals surface area (Å²) in [6, 6.07) is 13.0. The number of sulfonamides is 1. The van der Waals surface area contributed by atoms with Crippen molar-refractivity contribution in [1.29, 1.82) is 0 Å². The van der Waals surface area contributed by atoms with E-state index in [9.17, 15) is 17.2 Å². The van der Waals surface area contributed by atoms with Crippen molar-refractivity contribution in [3.8, 4) is 11.1 Å². The second-order valence-corrected chi connectivity index (χ2v) is 8.52. The summed E-state index contributed by atoms with van der Waals surface area (Å²) in [7, 11) is -3.80. The quantitative estimate of drug-likeness (QED) is 0.481. The number of pyridine rings is 1. The molecule has 5 nitrogen and oxygen atoms in total. The fraction of sp³-hybridized carbons (Fsp3) is 0.0500. The number of nitrogens with one attached hydrogen (secondary N) is 2. The van der Waals surface area contributed by atoms with Crippen LogP contribution in [0.25, 0.3) is 22.0 Å². The molecule has 2 aromatic carbocycles. The fourth-order valence-electron chi connectivity index (χ4n) is 2.88. The number of H-pyrrole nitrogens is 1. The van der Waals surface area contributed by atoms with E-state index >= 15 is 0 Å². The molecule has 9 heteroatoms. The van der Waals surface area contributed by atoms with Crippen molar-refractivity contribution in [3.05, 3.63) is 83.1 Å². The molecular weight excluding hydrogens is 420 g/mol. The smallest absolute Gasteiger partial charge is 0.256 e. The molecule has 0 aliphatic heterocycles. The Bertz CT molecular complexity index is 1310. The molecule has 0 atom stereocenters. The van der Waals surface area contributed by atoms with Gasteiger partial charge in [0.25, 0.3) is 10.0 Å². The maximum absolute atomic E-state index is 13.9. The minimum atomic E-state index is -3.80. The van der Waals surface area contributed by atoms with Crippen molar-refractivity contribution in [2.75, 3.05) is 0 Å². The van der Waals surface area contributed by atoms with Crippen LogP contribution < -0.4 is 4.72 Å². The van der Waals surface area contributed by atoms with Crippen molar-refractivity contribution in [3.63, 3.8) is 0 Å². The Hall–Kier alpha value is -2.81. The normalized spacial score (nSPS) is 11.8. The third kappa shape index (κ3) is 4.14. The zero-order valence-corrected chi connectivity index (χ0v) is 16.4. The molecule has 4 rings (SSSR count). The second kappa shape index (κ2) is 7.55. The molecule has 4 aromatic rings. The van der Waals surface area contributed by atoms with Crippen LogP contribution in [0.3, 0.4) is 0 Å². The first-order valence-electron chi connectivity index (χ1n) is 8.50. The average Bonchev–Trinajstić information content (AvgIpc) is 3.11. The van der Waals surface area contributed by atoms with Gasteiger partial charge >= 0.3 is 0 Å². The van der Waals surface area contributed by atoms with Crippen molar-refractivity contribution >= 4 is 32.5 Å². The van der Waals surface area contributed by atoms with E-state index in [1.807, 2.05) is 0 Å². The molecule has 2 N–H and O–H groups in total. The largest absolute Gasteiger partial charge is 0.345 e. The SMILES string of the molecule is O=S(=O)(NCc1ccc(-c2ccc(F)cc2F)cn1)c1cc2cc(Cl)ccc2[nH]1. The molecule has 0 aliphatic carbocycles. The maximum Gasteiger partial charge on any atom is 0.256 e. The van der Waals surface area contributed by atoms with E-state index in [1.54, 1.807) is 30.3 Å². The highest BCUT2D eigenvalue weighted by molar-refractivity contribution is 7.89. The lowest BCUT2D eigenvalue weighted by Gasteiger charge is -2.07. The first kappa shape index (κ1) is 19.5. The van der Waals surface area contributed by atoms with Crippen LogP contribution in [-0.4, -0.2) is 18.4 Å². The van der Waals surface area contributed by atoms with Gasteiger partial charge in [0.1, 0.15) is 16.7 Å². The van der Waals surface area contributed by atoms with Crippen LogP contribution >= 0.6 is 11.6 Å². The summed E-state index contributed by atoms with van der Waals surface area (Å²) in [5.41, 5.74) is 1.77. The maximum atomic E-state index is 13.9. The van der Waals surface area contributed by atoms with Gasteiger partial charge in [-0.15, -0.1) is 0 Å². The summed E-state index contributed by atoms with van der Waals surface area (Å²) in [5, 5.41) is 1.21. The van der Waals surface area contributed by atoms with Crippen LogP contribution in [-0.2, 0) is 16.6 Å². The van der Waals surface area contributed by atoms with Crippen LogP contribution in [0, 0.1) is 11.6 Å². The Kier molecular flexibility index (Phi) is 5.08. The van der Waals surface area contributed by atoms with Gasteiger partial charge in [0.2, 0.25) is 0 Å². The lowest BCUT2D eigenvalue weighted by molar-refractivity contribution is 0.577. The van der Waals surface area contributed by atoms with E-state index in [0.29, 0.717) is 27.2 Å². The Morgan fingerprint density at radius 3 is 2.59 bits per heavy atom. The Balaban J connectivity index is 1.50. The van der Waals surface area contributed by atoms with E-state index in [2.05, 4.69) is 14.7 Å². The highest BCUT2D eigenvalue weighted by Gasteiger charge is 2.17. The van der Waals surface area contributed by atoms with Gasteiger partial charge in [-0.2, -0.15) is 0 Å². The molecule has 148 valence electrons. The lowest BCUT2D eigenvalue weighted by Crippen LogP contribution is -2.24. The van der Waals surface area contributed by atoms with Gasteiger partial charge in [0.05, 0.1) is 12.2 Å². The minimum absolute atomic E-state index is 0.0137. The first-order valence-corrected chi connectivity index (χ1v) is 10.4. The van der Waals surface area contributed by atoms with E-state index in [-0.39, 0.29) is 17.1 Å². The average molecular weight is 434 g/mol. The van der Waals surface area contributed by atoms with Gasteiger partial charge in [-0.3, -0.25) is 4.98 Å². The molecule has 0 bridgehead atoms. The molecule has 0 aliphatic rings. The van der Waals surface area contributed by atoms with Gasteiger partial charge in [0, 0.05) is 39.3 Å². The molecule has 0 radical (unpaired) electrons. The van der Waals surface area contributed by atoms with Crippen molar-refractivity contribution in [1.82, 2.24) is 14.7 Å². The summed E-state index contributed by atoms with van der Waals surface area (Å²) >= 11 is 5.93. The zero-order valence-electron chi connectivity index (χ0n) is 14.8. The highest BCUT2D eigenvalue weighted by atomic mass is 35.5. The molecule has 0 spiro atoms. The summed E-state index contributed by atoms with van der Waals surface area (Å²) in [6.45, 7) is -0.0510. The summed E-state index contributed by atoms with van der Waals surface area (Å²) in [5.74, 6) is -1.36. The number of rotatable bonds is 5. The Morgan fingerprint density at radius 1 is 1.03 bits per heavy atom. The number of nitrogens with zero attached hydrogens (tertiary/aromatic N) is 1. The topological polar surface area (TPSA) is 74.8 Å². The van der Waals surface area contributed by atoms with Gasteiger partial charge < -0.3 is 4.98 Å². The third-order valence-electron chi connectivity index (χ3n) is 4.36. The lowest BCUT2D eigenvalue weighted by atomic mass is 10.1. The number of fused-ring (bicyclic) bond motifs is 1. The van der Waals surface area contributed by atoms with Crippen LogP contribution in [0.15, 0.2) is 65.8 Å². The monoisotopic (exact) mass is 433 g/mol. The molecule has 0 amide bonds. The number of benzene rings is 2. The van der Waals surface area contributed by atoms with Gasteiger partial charge in [-0.1, -0.05) is 17.7 Å². The van der Waals surface area contributed by atoms with Gasteiger partial charge in [0.15, 0.2) is 0 Å². The van der Waals surface area contributed by atoms with Gasteiger partial charge in [-0.05, 0) is 42.5 Å². The number of aromatic amines is 1. The van der Waals surface area contributed by atoms with E-state index in [1.165, 1.54) is 18.3 Å². The molecule has 0 fully saturated rings. The summed E-state index contributed by atoms with van der Waals surface area (Å²) in [4.78, 5) is 6.99. The fourth-order valence-corrected chi connectivity index (χ4v) is 4.08. The Morgan fingerprint density at radius 2 is 1.86 bits per heavy atom. The molecule has 2 heterocycles. The minimum Gasteiger partial charge on any atom is -0.345 e. The van der Waals surface area contributed by atoms with Crippen LogP contribution in [0.4, 0.5) is 8.78 Å². The van der Waals surface area contributed by atoms with E-state index < -0.39 is 21.7 Å². The molecule has 29 heavy (non-hydrogen) atoms. The van der Waals surface area contributed by atoms with Crippen LogP contribution in [0.2, 0.25) is 5.02 Å². The standard InChI is InChI=1S/C20H14ClF2N3O2S/c21-14-2-6-19-13(7-14)8-20(26-19)29(27,28)25-11-16-4-1-12(10-24-16)17-5-3-15(22)9-18(17)23/h1-10,25-26H,11H2. The van der Waals surface area contributed by atoms with Crippen molar-refractivity contribution < 1.29 is 17.2 Å². The first-order chi connectivity index (χ1) is 13.8. The zero-order chi connectivity index (χ0) is 20.6. The molecule has 2 aromatic heterocycles. The predicted octanol–water partition coefficient (Wildman–Crippen LogP) is 4.64. The van der Waals surface area contributed by atoms with E-state index in [4.69, 9.17) is 11.6 Å². The second-order valence-electron chi connectivity index (χ2n) is 6.35. The Labute approximate surface area is 170 Å².